The fraction of sp³-hybridized carbons (Fsp3) is 0.444. The first-order valence-corrected chi connectivity index (χ1v) is 8.35. The van der Waals surface area contributed by atoms with Crippen LogP contribution in [0.4, 0.5) is 0 Å². The van der Waals surface area contributed by atoms with Crippen molar-refractivity contribution in [2.45, 2.75) is 37.3 Å². The molecule has 1 saturated heterocycles. The highest BCUT2D eigenvalue weighted by Crippen LogP contribution is 2.47. The summed E-state index contributed by atoms with van der Waals surface area (Å²) >= 11 is 6.05. The summed E-state index contributed by atoms with van der Waals surface area (Å²) in [6.07, 6.45) is 3.26. The van der Waals surface area contributed by atoms with Gasteiger partial charge < -0.3 is 10.1 Å². The van der Waals surface area contributed by atoms with Gasteiger partial charge >= 0.3 is 0 Å². The quantitative estimate of drug-likeness (QED) is 0.886. The molecule has 2 N–H and O–H groups in total. The lowest BCUT2D eigenvalue weighted by Gasteiger charge is -2.49. The number of fused-ring (bicyclic) bond motifs is 5. The molecule has 1 aromatic heterocycles. The molecule has 1 fully saturated rings. The maximum Gasteiger partial charge on any atom is 0.0907 e. The molecule has 4 heteroatoms. The van der Waals surface area contributed by atoms with Gasteiger partial charge in [-0.15, -0.1) is 0 Å². The molecule has 22 heavy (non-hydrogen) atoms. The number of para-hydroxylation sites is 1. The number of nitrogens with one attached hydrogen (secondary N) is 1. The van der Waals surface area contributed by atoms with E-state index in [0.29, 0.717) is 11.5 Å². The molecule has 0 spiro atoms. The summed E-state index contributed by atoms with van der Waals surface area (Å²) in [4.78, 5) is 5.97. The van der Waals surface area contributed by atoms with Crippen molar-refractivity contribution in [2.24, 2.45) is 0 Å². The molecule has 1 aromatic carbocycles. The Hall–Kier alpha value is -1.29. The van der Waals surface area contributed by atoms with Crippen LogP contribution in [0.1, 0.15) is 36.6 Å². The van der Waals surface area contributed by atoms with E-state index in [0.717, 1.165) is 37.9 Å². The normalized spacial score (nSPS) is 28.4. The molecule has 0 aliphatic carbocycles. The Morgan fingerprint density at radius 1 is 1.41 bits per heavy atom. The van der Waals surface area contributed by atoms with Crippen LogP contribution in [0.3, 0.4) is 0 Å². The number of halogens is 1. The number of benzene rings is 1. The Labute approximate surface area is 135 Å². The van der Waals surface area contributed by atoms with Crippen LogP contribution < -0.4 is 0 Å². The predicted molar refractivity (Wildman–Crippen MR) is 90.1 cm³/mol. The molecule has 4 rings (SSSR count). The minimum atomic E-state index is -0.826. The number of aromatic nitrogens is 1. The second-order valence-electron chi connectivity index (χ2n) is 6.65. The molecule has 2 aliphatic heterocycles. The fourth-order valence-corrected chi connectivity index (χ4v) is 4.61. The molecule has 3 nitrogen and oxygen atoms in total. The SMILES string of the molecule is C=C(Cl)CC1(O)CCCN2CCc3c([nH]c4ccccc34)C21. The van der Waals surface area contributed by atoms with Gasteiger partial charge in [0.2, 0.25) is 0 Å². The van der Waals surface area contributed by atoms with Gasteiger partial charge in [-0.2, -0.15) is 0 Å². The molecule has 0 amide bonds. The number of aromatic amines is 1. The van der Waals surface area contributed by atoms with E-state index >= 15 is 0 Å². The zero-order chi connectivity index (χ0) is 15.3. The standard InChI is InChI=1S/C18H21ClN2O/c1-12(19)11-18(22)8-4-9-21-10-7-14-13-5-2-3-6-15(13)20-16(14)17(18)21/h2-3,5-6,17,20,22H,1,4,7-11H2. The van der Waals surface area contributed by atoms with Gasteiger partial charge in [0.1, 0.15) is 0 Å². The number of piperidine rings is 1. The zero-order valence-electron chi connectivity index (χ0n) is 12.6. The first kappa shape index (κ1) is 14.3. The Kier molecular flexibility index (Phi) is 3.33. The van der Waals surface area contributed by atoms with Crippen LogP contribution in [0.15, 0.2) is 35.9 Å². The van der Waals surface area contributed by atoms with Crippen molar-refractivity contribution in [2.75, 3.05) is 13.1 Å². The monoisotopic (exact) mass is 316 g/mol. The molecule has 3 heterocycles. The van der Waals surface area contributed by atoms with Crippen LogP contribution in [0.5, 0.6) is 0 Å². The Balaban J connectivity index is 1.86. The minimum Gasteiger partial charge on any atom is -0.387 e. The number of hydrogen-bond donors (Lipinski definition) is 2. The van der Waals surface area contributed by atoms with Crippen LogP contribution in [0.2, 0.25) is 0 Å². The molecule has 2 aromatic rings. The number of rotatable bonds is 2. The lowest BCUT2D eigenvalue weighted by Crippen LogP contribution is -2.53. The highest BCUT2D eigenvalue weighted by atomic mass is 35.5. The van der Waals surface area contributed by atoms with Crippen molar-refractivity contribution in [1.29, 1.82) is 0 Å². The lowest BCUT2D eigenvalue weighted by atomic mass is 9.77. The molecule has 0 bridgehead atoms. The third kappa shape index (κ3) is 2.11. The zero-order valence-corrected chi connectivity index (χ0v) is 13.4. The first-order chi connectivity index (χ1) is 10.6. The van der Waals surface area contributed by atoms with E-state index in [1.54, 1.807) is 0 Å². The largest absolute Gasteiger partial charge is 0.387 e. The topological polar surface area (TPSA) is 39.3 Å². The third-order valence-corrected chi connectivity index (χ3v) is 5.33. The molecule has 0 saturated carbocycles. The molecule has 2 aliphatic rings. The average molecular weight is 317 g/mol. The summed E-state index contributed by atoms with van der Waals surface area (Å²) in [5.74, 6) is 0. The van der Waals surface area contributed by atoms with E-state index in [2.05, 4.69) is 40.7 Å². The van der Waals surface area contributed by atoms with E-state index in [-0.39, 0.29) is 6.04 Å². The molecule has 2 atom stereocenters. The lowest BCUT2D eigenvalue weighted by molar-refractivity contribution is -0.0866. The molecule has 2 unspecified atom stereocenters. The van der Waals surface area contributed by atoms with E-state index in [1.165, 1.54) is 16.6 Å². The van der Waals surface area contributed by atoms with E-state index in [9.17, 15) is 5.11 Å². The summed E-state index contributed by atoms with van der Waals surface area (Å²) in [6, 6.07) is 8.41. The van der Waals surface area contributed by atoms with Gasteiger partial charge in [-0.05, 0) is 37.4 Å². The second kappa shape index (κ2) is 5.12. The van der Waals surface area contributed by atoms with Gasteiger partial charge in [-0.1, -0.05) is 36.4 Å². The van der Waals surface area contributed by atoms with Crippen molar-refractivity contribution >= 4 is 22.5 Å². The summed E-state index contributed by atoms with van der Waals surface area (Å²) in [7, 11) is 0. The Bertz CT molecular complexity index is 738. The van der Waals surface area contributed by atoms with E-state index < -0.39 is 5.60 Å². The molecular weight excluding hydrogens is 296 g/mol. The molecule has 0 radical (unpaired) electrons. The second-order valence-corrected chi connectivity index (χ2v) is 7.19. The van der Waals surface area contributed by atoms with Gasteiger partial charge in [0, 0.05) is 34.6 Å². The summed E-state index contributed by atoms with van der Waals surface area (Å²) in [6.45, 7) is 5.84. The van der Waals surface area contributed by atoms with Crippen LogP contribution in [0.25, 0.3) is 10.9 Å². The van der Waals surface area contributed by atoms with Gasteiger partial charge in [0.05, 0.1) is 11.6 Å². The minimum absolute atomic E-state index is 0.00657. The van der Waals surface area contributed by atoms with E-state index in [4.69, 9.17) is 11.6 Å². The van der Waals surface area contributed by atoms with Crippen molar-refractivity contribution in [3.63, 3.8) is 0 Å². The summed E-state index contributed by atoms with van der Waals surface area (Å²) in [5, 5.41) is 13.1. The summed E-state index contributed by atoms with van der Waals surface area (Å²) < 4.78 is 0. The number of nitrogens with zero attached hydrogens (tertiary/aromatic N) is 1. The number of hydrogen-bond acceptors (Lipinski definition) is 2. The number of aliphatic hydroxyl groups is 1. The summed E-state index contributed by atoms with van der Waals surface area (Å²) in [5.41, 5.74) is 2.87. The van der Waals surface area contributed by atoms with Crippen LogP contribution >= 0.6 is 11.6 Å². The number of H-pyrrole nitrogens is 1. The van der Waals surface area contributed by atoms with Crippen molar-refractivity contribution in [1.82, 2.24) is 9.88 Å². The van der Waals surface area contributed by atoms with Crippen LogP contribution in [0, 0.1) is 0 Å². The first-order valence-electron chi connectivity index (χ1n) is 7.98. The van der Waals surface area contributed by atoms with Crippen molar-refractivity contribution < 1.29 is 5.11 Å². The molecular formula is C18H21ClN2O. The maximum absolute atomic E-state index is 11.3. The predicted octanol–water partition coefficient (Wildman–Crippen LogP) is 3.73. The third-order valence-electron chi connectivity index (χ3n) is 5.20. The highest BCUT2D eigenvalue weighted by molar-refractivity contribution is 6.29. The van der Waals surface area contributed by atoms with Crippen LogP contribution in [-0.2, 0) is 6.42 Å². The smallest absolute Gasteiger partial charge is 0.0907 e. The van der Waals surface area contributed by atoms with Crippen molar-refractivity contribution in [3.05, 3.63) is 47.1 Å². The van der Waals surface area contributed by atoms with Crippen LogP contribution in [-0.4, -0.2) is 33.7 Å². The Morgan fingerprint density at radius 2 is 2.23 bits per heavy atom. The average Bonchev–Trinajstić information content (AvgIpc) is 2.84. The van der Waals surface area contributed by atoms with E-state index in [1.807, 2.05) is 0 Å². The van der Waals surface area contributed by atoms with Crippen molar-refractivity contribution in [3.8, 4) is 0 Å². The molecule has 116 valence electrons. The Morgan fingerprint density at radius 3 is 3.05 bits per heavy atom. The van der Waals surface area contributed by atoms with Gasteiger partial charge in [-0.25, -0.2) is 0 Å². The van der Waals surface area contributed by atoms with Gasteiger partial charge in [0.15, 0.2) is 0 Å². The fourth-order valence-electron chi connectivity index (χ4n) is 4.38. The maximum atomic E-state index is 11.3. The van der Waals surface area contributed by atoms with Gasteiger partial charge in [-0.3, -0.25) is 4.90 Å². The van der Waals surface area contributed by atoms with Gasteiger partial charge in [0.25, 0.3) is 0 Å². The highest BCUT2D eigenvalue weighted by Gasteiger charge is 2.47.